The number of nitrogens with one attached hydrogen (secondary N) is 1. The predicted molar refractivity (Wildman–Crippen MR) is 87.4 cm³/mol. The number of benzene rings is 1. The molecular formula is C15H17N3S2. The van der Waals surface area contributed by atoms with Crippen LogP contribution in [0, 0.1) is 6.92 Å². The lowest BCUT2D eigenvalue weighted by atomic mass is 10.1. The molecule has 5 heteroatoms. The van der Waals surface area contributed by atoms with Gasteiger partial charge in [0.2, 0.25) is 0 Å². The number of nitrogens with two attached hydrogens (primary N) is 1. The van der Waals surface area contributed by atoms with E-state index in [9.17, 15) is 0 Å². The molecule has 0 saturated heterocycles. The largest absolute Gasteiger partial charge is 0.333 e. The monoisotopic (exact) mass is 303 g/mol. The van der Waals surface area contributed by atoms with Crippen molar-refractivity contribution in [2.75, 3.05) is 0 Å². The number of H-pyrrole nitrogens is 1. The Morgan fingerprint density at radius 2 is 2.20 bits per heavy atom. The predicted octanol–water partition coefficient (Wildman–Crippen LogP) is 4.11. The van der Waals surface area contributed by atoms with E-state index in [1.54, 1.807) is 23.1 Å². The maximum atomic E-state index is 6.14. The zero-order chi connectivity index (χ0) is 14.1. The van der Waals surface area contributed by atoms with E-state index in [-0.39, 0.29) is 11.3 Å². The van der Waals surface area contributed by atoms with E-state index in [0.717, 1.165) is 16.2 Å². The molecule has 1 aromatic carbocycles. The zero-order valence-corrected chi connectivity index (χ0v) is 13.1. The molecule has 2 aromatic heterocycles. The Balaban J connectivity index is 1.90. The van der Waals surface area contributed by atoms with Gasteiger partial charge in [-0.2, -0.15) is 11.3 Å². The van der Waals surface area contributed by atoms with E-state index in [1.807, 2.05) is 6.92 Å². The van der Waals surface area contributed by atoms with Gasteiger partial charge in [-0.3, -0.25) is 0 Å². The molecule has 3 nitrogen and oxygen atoms in total. The number of aromatic nitrogens is 2. The Morgan fingerprint density at radius 3 is 2.90 bits per heavy atom. The van der Waals surface area contributed by atoms with Gasteiger partial charge in [-0.05, 0) is 53.9 Å². The van der Waals surface area contributed by atoms with Crippen LogP contribution in [0.2, 0.25) is 0 Å². The van der Waals surface area contributed by atoms with Crippen LogP contribution in [0.4, 0.5) is 0 Å². The normalized spacial score (nSPS) is 14.6. The van der Waals surface area contributed by atoms with Gasteiger partial charge in [0.1, 0.15) is 0 Å². The molecular weight excluding hydrogens is 286 g/mol. The average molecular weight is 303 g/mol. The third-order valence-corrected chi connectivity index (χ3v) is 5.28. The standard InChI is InChI=1S/C15H17N3S2/c1-9-3-4-12-13(7-9)18-15(17-12)20-14(10(2)16)11-5-6-19-8-11/h3-8,10,14H,16H2,1-2H3,(H,17,18). The second-order valence-electron chi connectivity index (χ2n) is 5.02. The summed E-state index contributed by atoms with van der Waals surface area (Å²) in [6.07, 6.45) is 0. The van der Waals surface area contributed by atoms with Crippen molar-refractivity contribution in [2.24, 2.45) is 5.73 Å². The Labute approximate surface area is 126 Å². The van der Waals surface area contributed by atoms with Gasteiger partial charge in [0, 0.05) is 6.04 Å². The maximum absolute atomic E-state index is 6.14. The molecule has 0 saturated carbocycles. The molecule has 20 heavy (non-hydrogen) atoms. The minimum Gasteiger partial charge on any atom is -0.333 e. The number of aryl methyl sites for hydroxylation is 1. The molecule has 0 radical (unpaired) electrons. The Kier molecular flexibility index (Phi) is 3.83. The molecule has 0 aliphatic carbocycles. The van der Waals surface area contributed by atoms with Crippen LogP contribution in [-0.4, -0.2) is 16.0 Å². The van der Waals surface area contributed by atoms with Crippen LogP contribution >= 0.6 is 23.1 Å². The van der Waals surface area contributed by atoms with Crippen LogP contribution in [0.1, 0.15) is 23.3 Å². The highest BCUT2D eigenvalue weighted by molar-refractivity contribution is 7.99. The van der Waals surface area contributed by atoms with E-state index in [0.29, 0.717) is 0 Å². The third kappa shape index (κ3) is 2.75. The van der Waals surface area contributed by atoms with Gasteiger partial charge in [0.15, 0.2) is 5.16 Å². The molecule has 0 aliphatic rings. The van der Waals surface area contributed by atoms with E-state index in [1.165, 1.54) is 11.1 Å². The summed E-state index contributed by atoms with van der Waals surface area (Å²) in [6.45, 7) is 4.13. The lowest BCUT2D eigenvalue weighted by Crippen LogP contribution is -2.22. The van der Waals surface area contributed by atoms with Gasteiger partial charge in [-0.25, -0.2) is 4.98 Å². The number of nitrogens with zero attached hydrogens (tertiary/aromatic N) is 1. The van der Waals surface area contributed by atoms with Crippen molar-refractivity contribution in [3.63, 3.8) is 0 Å². The fourth-order valence-electron chi connectivity index (χ4n) is 2.19. The molecule has 2 heterocycles. The first kappa shape index (κ1) is 13.7. The molecule has 2 atom stereocenters. The summed E-state index contributed by atoms with van der Waals surface area (Å²) < 4.78 is 0. The highest BCUT2D eigenvalue weighted by Crippen LogP contribution is 2.37. The molecule has 0 fully saturated rings. The molecule has 3 N–H and O–H groups in total. The summed E-state index contributed by atoms with van der Waals surface area (Å²) in [5, 5.41) is 5.41. The highest BCUT2D eigenvalue weighted by Gasteiger charge is 2.20. The quantitative estimate of drug-likeness (QED) is 0.713. The minimum absolute atomic E-state index is 0.0737. The van der Waals surface area contributed by atoms with Crippen LogP contribution < -0.4 is 5.73 Å². The fraction of sp³-hybridized carbons (Fsp3) is 0.267. The number of aromatic amines is 1. The Morgan fingerprint density at radius 1 is 1.35 bits per heavy atom. The number of hydrogen-bond donors (Lipinski definition) is 2. The zero-order valence-electron chi connectivity index (χ0n) is 11.5. The van der Waals surface area contributed by atoms with E-state index in [4.69, 9.17) is 5.73 Å². The van der Waals surface area contributed by atoms with Crippen LogP contribution in [0.5, 0.6) is 0 Å². The molecule has 0 amide bonds. The molecule has 3 rings (SSSR count). The summed E-state index contributed by atoms with van der Waals surface area (Å²) >= 11 is 3.40. The summed E-state index contributed by atoms with van der Waals surface area (Å²) in [7, 11) is 0. The van der Waals surface area contributed by atoms with E-state index >= 15 is 0 Å². The fourth-order valence-corrected chi connectivity index (χ4v) is 4.03. The smallest absolute Gasteiger partial charge is 0.167 e. The number of imidazole rings is 1. The second-order valence-corrected chi connectivity index (χ2v) is 6.93. The van der Waals surface area contributed by atoms with Crippen molar-refractivity contribution < 1.29 is 0 Å². The van der Waals surface area contributed by atoms with Crippen molar-refractivity contribution in [3.8, 4) is 0 Å². The first-order chi connectivity index (χ1) is 9.63. The summed E-state index contributed by atoms with van der Waals surface area (Å²) in [4.78, 5) is 8.02. The van der Waals surface area contributed by atoms with E-state index < -0.39 is 0 Å². The van der Waals surface area contributed by atoms with E-state index in [2.05, 4.69) is 51.9 Å². The lowest BCUT2D eigenvalue weighted by molar-refractivity contribution is 0.721. The number of fused-ring (bicyclic) bond motifs is 1. The summed E-state index contributed by atoms with van der Waals surface area (Å²) in [5.74, 6) is 0. The van der Waals surface area contributed by atoms with Gasteiger partial charge in [0.05, 0.1) is 16.3 Å². The minimum atomic E-state index is 0.0737. The molecule has 0 spiro atoms. The van der Waals surface area contributed by atoms with Crippen molar-refractivity contribution >= 4 is 34.1 Å². The molecule has 3 aromatic rings. The lowest BCUT2D eigenvalue weighted by Gasteiger charge is -2.17. The summed E-state index contributed by atoms with van der Waals surface area (Å²) in [5.41, 5.74) is 10.7. The number of rotatable bonds is 4. The van der Waals surface area contributed by atoms with Crippen molar-refractivity contribution in [1.29, 1.82) is 0 Å². The second kappa shape index (κ2) is 5.60. The topological polar surface area (TPSA) is 54.7 Å². The molecule has 0 bridgehead atoms. The van der Waals surface area contributed by atoms with Gasteiger partial charge in [-0.1, -0.05) is 17.8 Å². The maximum Gasteiger partial charge on any atom is 0.167 e. The highest BCUT2D eigenvalue weighted by atomic mass is 32.2. The van der Waals surface area contributed by atoms with Crippen molar-refractivity contribution in [2.45, 2.75) is 30.3 Å². The van der Waals surface area contributed by atoms with Crippen molar-refractivity contribution in [1.82, 2.24) is 9.97 Å². The third-order valence-electron chi connectivity index (χ3n) is 3.20. The van der Waals surface area contributed by atoms with Gasteiger partial charge >= 0.3 is 0 Å². The number of hydrogen-bond acceptors (Lipinski definition) is 4. The van der Waals surface area contributed by atoms with Crippen molar-refractivity contribution in [3.05, 3.63) is 46.2 Å². The van der Waals surface area contributed by atoms with Crippen LogP contribution in [0.25, 0.3) is 11.0 Å². The molecule has 2 unspecified atom stereocenters. The summed E-state index contributed by atoms with van der Waals surface area (Å²) in [6, 6.07) is 8.47. The van der Waals surface area contributed by atoms with Gasteiger partial charge in [-0.15, -0.1) is 0 Å². The van der Waals surface area contributed by atoms with Gasteiger partial charge in [0.25, 0.3) is 0 Å². The SMILES string of the molecule is Cc1ccc2nc(SC(c3ccsc3)C(C)N)[nH]c2c1. The Bertz CT molecular complexity index is 701. The van der Waals surface area contributed by atoms with Crippen LogP contribution in [0.15, 0.2) is 40.2 Å². The van der Waals surface area contributed by atoms with Gasteiger partial charge < -0.3 is 10.7 Å². The molecule has 0 aliphatic heterocycles. The first-order valence-corrected chi connectivity index (χ1v) is 8.36. The number of thioether (sulfide) groups is 1. The first-order valence-electron chi connectivity index (χ1n) is 6.54. The average Bonchev–Trinajstić information content (AvgIpc) is 3.03. The number of thiophene rings is 1. The Hall–Kier alpha value is -1.30. The van der Waals surface area contributed by atoms with Crippen LogP contribution in [-0.2, 0) is 0 Å². The van der Waals surface area contributed by atoms with Crippen LogP contribution in [0.3, 0.4) is 0 Å². The molecule has 104 valence electrons.